The molecule has 13 heteroatoms. The number of ether oxygens (including phenoxy) is 1. The summed E-state index contributed by atoms with van der Waals surface area (Å²) in [6.45, 7) is 8.04. The number of morpholine rings is 1. The van der Waals surface area contributed by atoms with Crippen molar-refractivity contribution in [1.82, 2.24) is 20.1 Å². The van der Waals surface area contributed by atoms with E-state index in [0.29, 0.717) is 29.7 Å². The quantitative estimate of drug-likeness (QED) is 0.178. The van der Waals surface area contributed by atoms with Crippen LogP contribution in [-0.4, -0.2) is 86.9 Å². The number of aromatic nitrogens is 3. The molecule has 3 aromatic rings. The molecule has 2 amide bonds. The third kappa shape index (κ3) is 11.3. The first-order valence-corrected chi connectivity index (χ1v) is 15.4. The zero-order chi connectivity index (χ0) is 33.8. The van der Waals surface area contributed by atoms with Gasteiger partial charge in [-0.2, -0.15) is 5.10 Å². The fourth-order valence-corrected chi connectivity index (χ4v) is 5.00. The van der Waals surface area contributed by atoms with Crippen LogP contribution < -0.4 is 10.6 Å². The first-order valence-electron chi connectivity index (χ1n) is 15.4. The first-order chi connectivity index (χ1) is 22.6. The van der Waals surface area contributed by atoms with Gasteiger partial charge in [-0.25, -0.2) is 14.6 Å². The number of nitrogens with one attached hydrogen (secondary N) is 3. The Morgan fingerprint density at radius 1 is 0.957 bits per heavy atom. The molecule has 2 aromatic heterocycles. The molecule has 1 saturated carbocycles. The summed E-state index contributed by atoms with van der Waals surface area (Å²) in [7, 11) is 0. The van der Waals surface area contributed by atoms with Gasteiger partial charge >= 0.3 is 11.9 Å². The summed E-state index contributed by atoms with van der Waals surface area (Å²) in [6.07, 6.45) is 8.60. The van der Waals surface area contributed by atoms with Crippen molar-refractivity contribution >= 4 is 35.4 Å². The summed E-state index contributed by atoms with van der Waals surface area (Å²) in [5, 5.41) is 28.8. The van der Waals surface area contributed by atoms with Crippen molar-refractivity contribution < 1.29 is 34.1 Å². The number of carboxylic acid groups (broad SMARTS) is 2. The highest BCUT2D eigenvalue weighted by Gasteiger charge is 2.28. The molecule has 3 heterocycles. The summed E-state index contributed by atoms with van der Waals surface area (Å²) < 4.78 is 5.34. The van der Waals surface area contributed by atoms with Gasteiger partial charge in [0.25, 0.3) is 0 Å². The van der Waals surface area contributed by atoms with E-state index in [4.69, 9.17) is 14.9 Å². The number of anilines is 2. The van der Waals surface area contributed by atoms with E-state index in [9.17, 15) is 19.2 Å². The number of hydrogen-bond donors (Lipinski definition) is 5. The predicted molar refractivity (Wildman–Crippen MR) is 176 cm³/mol. The number of aromatic amines is 1. The molecule has 1 aliphatic carbocycles. The number of carbonyl (C=O) groups excluding carboxylic acids is 2. The largest absolute Gasteiger partial charge is 0.478 e. The summed E-state index contributed by atoms with van der Waals surface area (Å²) in [6, 6.07) is 13.6. The van der Waals surface area contributed by atoms with Crippen molar-refractivity contribution in [2.75, 3.05) is 43.5 Å². The predicted octanol–water partition coefficient (Wildman–Crippen LogP) is 4.27. The van der Waals surface area contributed by atoms with Gasteiger partial charge < -0.3 is 25.6 Å². The van der Waals surface area contributed by atoms with E-state index >= 15 is 0 Å². The van der Waals surface area contributed by atoms with Crippen molar-refractivity contribution in [3.05, 3.63) is 84.2 Å². The number of rotatable bonds is 12. The summed E-state index contributed by atoms with van der Waals surface area (Å²) >= 11 is 0. The Morgan fingerprint density at radius 3 is 2.30 bits per heavy atom. The molecule has 1 aliphatic heterocycles. The Morgan fingerprint density at radius 2 is 1.68 bits per heavy atom. The minimum absolute atomic E-state index is 0.0751. The lowest BCUT2D eigenvalue weighted by Crippen LogP contribution is -2.36. The van der Waals surface area contributed by atoms with Crippen LogP contribution in [0.2, 0.25) is 0 Å². The second kappa shape index (κ2) is 17.0. The van der Waals surface area contributed by atoms with Crippen molar-refractivity contribution in [1.29, 1.82) is 0 Å². The normalized spacial score (nSPS) is 15.6. The SMILES string of the molecule is CC(C)[C@H](C(=O)Nc1cc(C2CC2)[nH]n1)c1cccc(-c2ccc(NC(=O)/C=C/CN3CCOCC3)nc2)c1.O=C(O)/C=C/C(=O)O. The van der Waals surface area contributed by atoms with Crippen LogP contribution in [0.5, 0.6) is 0 Å². The number of nitrogens with zero attached hydrogens (tertiary/aromatic N) is 3. The Balaban J connectivity index is 0.000000555. The van der Waals surface area contributed by atoms with E-state index in [1.54, 1.807) is 18.3 Å². The molecule has 1 aromatic carbocycles. The zero-order valence-electron chi connectivity index (χ0n) is 26.4. The van der Waals surface area contributed by atoms with Crippen LogP contribution in [0.3, 0.4) is 0 Å². The van der Waals surface area contributed by atoms with Gasteiger partial charge in [0.05, 0.1) is 19.1 Å². The van der Waals surface area contributed by atoms with Crippen molar-refractivity contribution in [3.8, 4) is 11.1 Å². The number of aliphatic carboxylic acids is 2. The average Bonchev–Trinajstić information content (AvgIpc) is 3.79. The summed E-state index contributed by atoms with van der Waals surface area (Å²) in [4.78, 5) is 51.4. The lowest BCUT2D eigenvalue weighted by Gasteiger charge is -2.24. The van der Waals surface area contributed by atoms with E-state index in [2.05, 4.69) is 30.7 Å². The highest BCUT2D eigenvalue weighted by molar-refractivity contribution is 5.98. The number of amides is 2. The van der Waals surface area contributed by atoms with Crippen molar-refractivity contribution in [2.45, 2.75) is 38.5 Å². The topological polar surface area (TPSA) is 187 Å². The van der Waals surface area contributed by atoms with Crippen molar-refractivity contribution in [3.63, 3.8) is 0 Å². The Labute approximate surface area is 272 Å². The minimum atomic E-state index is -1.26. The minimum Gasteiger partial charge on any atom is -0.478 e. The summed E-state index contributed by atoms with van der Waals surface area (Å²) in [5.74, 6) is -1.44. The molecular formula is C34H40N6O7. The highest BCUT2D eigenvalue weighted by atomic mass is 16.5. The second-order valence-corrected chi connectivity index (χ2v) is 11.6. The molecule has 13 nitrogen and oxygen atoms in total. The maximum Gasteiger partial charge on any atom is 0.328 e. The molecule has 2 aliphatic rings. The number of pyridine rings is 1. The molecular weight excluding hydrogens is 604 g/mol. The van der Waals surface area contributed by atoms with Gasteiger partial charge in [-0.05, 0) is 42.0 Å². The molecule has 5 rings (SSSR count). The monoisotopic (exact) mass is 644 g/mol. The summed E-state index contributed by atoms with van der Waals surface area (Å²) in [5.41, 5.74) is 3.88. The van der Waals surface area contributed by atoms with Crippen LogP contribution in [0.1, 0.15) is 49.8 Å². The van der Waals surface area contributed by atoms with Gasteiger partial charge in [-0.3, -0.25) is 19.6 Å². The number of H-pyrrole nitrogens is 1. The van der Waals surface area contributed by atoms with Gasteiger partial charge in [0, 0.05) is 67.3 Å². The lowest BCUT2D eigenvalue weighted by molar-refractivity contribution is -0.134. The van der Waals surface area contributed by atoms with Crippen LogP contribution in [0.15, 0.2) is 73.0 Å². The molecule has 0 spiro atoms. The molecule has 47 heavy (non-hydrogen) atoms. The average molecular weight is 645 g/mol. The van der Waals surface area contributed by atoms with Crippen LogP contribution in [0.4, 0.5) is 11.6 Å². The van der Waals surface area contributed by atoms with E-state index < -0.39 is 11.9 Å². The standard InChI is InChI=1S/C30H36N6O3.C4H4O4/c1-20(2)29(30(38)33-27-18-25(34-35-27)21-8-9-21)23-6-3-5-22(17-23)24-10-11-26(31-19-24)32-28(37)7-4-12-36-13-15-39-16-14-36;5-3(6)1-2-4(7)8/h3-7,10-11,17-21,29H,8-9,12-16H2,1-2H3,(H,31,32,37)(H2,33,34,35,38);1-2H,(H,5,6)(H,7,8)/b7-4+;2-1+/t29-;/m0./s1. The number of carboxylic acids is 2. The van der Waals surface area contributed by atoms with E-state index in [1.165, 1.54) is 12.8 Å². The number of carbonyl (C=O) groups is 4. The van der Waals surface area contributed by atoms with Crippen molar-refractivity contribution in [2.24, 2.45) is 5.92 Å². The molecule has 0 radical (unpaired) electrons. The van der Waals surface area contributed by atoms with Crippen LogP contribution in [0.25, 0.3) is 11.1 Å². The fraction of sp³-hybridized carbons (Fsp3) is 0.353. The molecule has 0 unspecified atom stereocenters. The van der Waals surface area contributed by atoms with Gasteiger partial charge in [0.2, 0.25) is 11.8 Å². The van der Waals surface area contributed by atoms with Gasteiger partial charge in [0.1, 0.15) is 5.82 Å². The molecule has 1 atom stereocenters. The zero-order valence-corrected chi connectivity index (χ0v) is 26.4. The maximum absolute atomic E-state index is 13.3. The second-order valence-electron chi connectivity index (χ2n) is 11.6. The molecule has 248 valence electrons. The molecule has 0 bridgehead atoms. The number of hydrogen-bond acceptors (Lipinski definition) is 8. The third-order valence-electron chi connectivity index (χ3n) is 7.51. The van der Waals surface area contributed by atoms with E-state index in [1.807, 2.05) is 56.3 Å². The van der Waals surface area contributed by atoms with Gasteiger partial charge in [-0.15, -0.1) is 0 Å². The van der Waals surface area contributed by atoms with E-state index in [-0.39, 0.29) is 23.7 Å². The van der Waals surface area contributed by atoms with Gasteiger partial charge in [-0.1, -0.05) is 44.2 Å². The van der Waals surface area contributed by atoms with Crippen LogP contribution >= 0.6 is 0 Å². The maximum atomic E-state index is 13.3. The fourth-order valence-electron chi connectivity index (χ4n) is 5.00. The highest BCUT2D eigenvalue weighted by Crippen LogP contribution is 2.39. The molecule has 1 saturated heterocycles. The Bertz CT molecular complexity index is 1570. The van der Waals surface area contributed by atoms with E-state index in [0.717, 1.165) is 55.2 Å². The Hall–Kier alpha value is -5.14. The molecule has 5 N–H and O–H groups in total. The first kappa shape index (κ1) is 34.7. The lowest BCUT2D eigenvalue weighted by atomic mass is 9.86. The molecule has 2 fully saturated rings. The van der Waals surface area contributed by atoms with Crippen LogP contribution in [0, 0.1) is 5.92 Å². The van der Waals surface area contributed by atoms with Gasteiger partial charge in [0.15, 0.2) is 5.82 Å². The Kier molecular flexibility index (Phi) is 12.5. The smallest absolute Gasteiger partial charge is 0.328 e. The van der Waals surface area contributed by atoms with Crippen LogP contribution in [-0.2, 0) is 23.9 Å². The number of benzene rings is 1. The third-order valence-corrected chi connectivity index (χ3v) is 7.51.